The molecule has 110 valence electrons. The Kier molecular flexibility index (Phi) is 4.02. The van der Waals surface area contributed by atoms with Crippen molar-refractivity contribution in [2.75, 3.05) is 7.11 Å². The Bertz CT molecular complexity index is 803. The van der Waals surface area contributed by atoms with E-state index in [4.69, 9.17) is 16.3 Å². The Morgan fingerprint density at radius 2 is 1.64 bits per heavy atom. The molecule has 0 bridgehead atoms. The van der Waals surface area contributed by atoms with Crippen LogP contribution in [0.2, 0.25) is 5.02 Å². The molecule has 3 aromatic rings. The predicted octanol–water partition coefficient (Wildman–Crippen LogP) is 4.18. The van der Waals surface area contributed by atoms with Crippen molar-refractivity contribution in [3.8, 4) is 28.7 Å². The van der Waals surface area contributed by atoms with Crippen molar-refractivity contribution in [2.45, 2.75) is 6.92 Å². The molecule has 22 heavy (non-hydrogen) atoms. The first kappa shape index (κ1) is 14.5. The number of halogens is 1. The summed E-state index contributed by atoms with van der Waals surface area (Å²) < 4.78 is 5.19. The van der Waals surface area contributed by atoms with E-state index < -0.39 is 0 Å². The second-order valence-corrected chi connectivity index (χ2v) is 5.23. The number of pyridine rings is 1. The van der Waals surface area contributed by atoms with E-state index in [1.54, 1.807) is 13.2 Å². The molecule has 0 aliphatic carbocycles. The van der Waals surface area contributed by atoms with E-state index in [0.717, 1.165) is 17.0 Å². The second kappa shape index (κ2) is 6.12. The molecule has 2 aromatic heterocycles. The summed E-state index contributed by atoms with van der Waals surface area (Å²) in [4.78, 5) is 13.4. The summed E-state index contributed by atoms with van der Waals surface area (Å²) in [5, 5.41) is 0.701. The number of nitrogens with zero attached hydrogens (tertiary/aromatic N) is 3. The summed E-state index contributed by atoms with van der Waals surface area (Å²) in [6.45, 7) is 1.90. The topological polar surface area (TPSA) is 47.9 Å². The van der Waals surface area contributed by atoms with Gasteiger partial charge in [-0.05, 0) is 31.2 Å². The fourth-order valence-corrected chi connectivity index (χ4v) is 2.23. The van der Waals surface area contributed by atoms with Crippen LogP contribution in [0.25, 0.3) is 22.8 Å². The summed E-state index contributed by atoms with van der Waals surface area (Å²) in [6.07, 6.45) is 0. The standard InChI is InChI=1S/C17H14ClN3O/c1-11-10-16(22-2)21-17(19-11)15-5-3-4-14(20-15)12-6-8-13(18)9-7-12/h3-10H,1-2H3. The van der Waals surface area contributed by atoms with Gasteiger partial charge in [-0.3, -0.25) is 0 Å². The smallest absolute Gasteiger partial charge is 0.216 e. The van der Waals surface area contributed by atoms with Gasteiger partial charge in [0.1, 0.15) is 5.69 Å². The summed E-state index contributed by atoms with van der Waals surface area (Å²) in [6, 6.07) is 15.1. The third kappa shape index (κ3) is 3.07. The molecule has 0 saturated heterocycles. The minimum atomic E-state index is 0.529. The van der Waals surface area contributed by atoms with Gasteiger partial charge in [0.2, 0.25) is 5.88 Å². The minimum Gasteiger partial charge on any atom is -0.481 e. The summed E-state index contributed by atoms with van der Waals surface area (Å²) >= 11 is 5.92. The average Bonchev–Trinajstić information content (AvgIpc) is 2.55. The van der Waals surface area contributed by atoms with Crippen molar-refractivity contribution in [3.63, 3.8) is 0 Å². The number of aromatic nitrogens is 3. The van der Waals surface area contributed by atoms with Gasteiger partial charge in [0.15, 0.2) is 5.82 Å². The van der Waals surface area contributed by atoms with Gasteiger partial charge in [0.25, 0.3) is 0 Å². The molecule has 2 heterocycles. The highest BCUT2D eigenvalue weighted by Gasteiger charge is 2.08. The highest BCUT2D eigenvalue weighted by Crippen LogP contribution is 2.23. The molecule has 4 nitrogen and oxygen atoms in total. The maximum atomic E-state index is 5.92. The zero-order chi connectivity index (χ0) is 15.5. The lowest BCUT2D eigenvalue weighted by Crippen LogP contribution is -1.98. The van der Waals surface area contributed by atoms with E-state index in [1.165, 1.54) is 0 Å². The van der Waals surface area contributed by atoms with Gasteiger partial charge in [-0.2, -0.15) is 4.98 Å². The molecule has 0 unspecified atom stereocenters. The van der Waals surface area contributed by atoms with E-state index in [-0.39, 0.29) is 0 Å². The quantitative estimate of drug-likeness (QED) is 0.728. The number of rotatable bonds is 3. The molecule has 1 aromatic carbocycles. The molecule has 3 rings (SSSR count). The monoisotopic (exact) mass is 311 g/mol. The summed E-state index contributed by atoms with van der Waals surface area (Å²) in [7, 11) is 1.59. The summed E-state index contributed by atoms with van der Waals surface area (Å²) in [5.74, 6) is 1.08. The first-order valence-corrected chi connectivity index (χ1v) is 7.16. The molecule has 5 heteroatoms. The van der Waals surface area contributed by atoms with Crippen LogP contribution in [0.4, 0.5) is 0 Å². The molecule has 0 atom stereocenters. The van der Waals surface area contributed by atoms with Crippen molar-refractivity contribution < 1.29 is 4.74 Å². The Morgan fingerprint density at radius 1 is 0.909 bits per heavy atom. The van der Waals surface area contributed by atoms with Crippen LogP contribution >= 0.6 is 11.6 Å². The van der Waals surface area contributed by atoms with Gasteiger partial charge < -0.3 is 4.74 Å². The summed E-state index contributed by atoms with van der Waals surface area (Å²) in [5.41, 5.74) is 3.37. The molecule has 0 aliphatic heterocycles. The van der Waals surface area contributed by atoms with Crippen molar-refractivity contribution in [2.24, 2.45) is 0 Å². The number of methoxy groups -OCH3 is 1. The Labute approximate surface area is 133 Å². The lowest BCUT2D eigenvalue weighted by Gasteiger charge is -2.06. The minimum absolute atomic E-state index is 0.529. The van der Waals surface area contributed by atoms with Gasteiger partial charge in [-0.25, -0.2) is 9.97 Å². The third-order valence-electron chi connectivity index (χ3n) is 3.16. The van der Waals surface area contributed by atoms with E-state index in [0.29, 0.717) is 22.4 Å². The molecular weight excluding hydrogens is 298 g/mol. The van der Waals surface area contributed by atoms with Crippen LogP contribution in [0.5, 0.6) is 5.88 Å². The zero-order valence-corrected chi connectivity index (χ0v) is 13.0. The van der Waals surface area contributed by atoms with Gasteiger partial charge in [0.05, 0.1) is 12.8 Å². The lowest BCUT2D eigenvalue weighted by molar-refractivity contribution is 0.397. The molecule has 0 amide bonds. The Balaban J connectivity index is 2.04. The lowest BCUT2D eigenvalue weighted by atomic mass is 10.1. The highest BCUT2D eigenvalue weighted by molar-refractivity contribution is 6.30. The van der Waals surface area contributed by atoms with Gasteiger partial charge in [-0.1, -0.05) is 29.8 Å². The van der Waals surface area contributed by atoms with Crippen molar-refractivity contribution in [3.05, 3.63) is 59.2 Å². The van der Waals surface area contributed by atoms with Crippen LogP contribution in [-0.4, -0.2) is 22.1 Å². The van der Waals surface area contributed by atoms with Crippen LogP contribution in [0.3, 0.4) is 0 Å². The van der Waals surface area contributed by atoms with Crippen molar-refractivity contribution in [1.82, 2.24) is 15.0 Å². The molecule has 0 N–H and O–H groups in total. The fraction of sp³-hybridized carbons (Fsp3) is 0.118. The van der Waals surface area contributed by atoms with Crippen LogP contribution < -0.4 is 4.74 Å². The number of hydrogen-bond donors (Lipinski definition) is 0. The van der Waals surface area contributed by atoms with E-state index in [2.05, 4.69) is 15.0 Å². The van der Waals surface area contributed by atoms with Crippen LogP contribution in [-0.2, 0) is 0 Å². The van der Waals surface area contributed by atoms with Crippen molar-refractivity contribution >= 4 is 11.6 Å². The van der Waals surface area contributed by atoms with Crippen LogP contribution in [0.1, 0.15) is 5.69 Å². The van der Waals surface area contributed by atoms with E-state index in [9.17, 15) is 0 Å². The van der Waals surface area contributed by atoms with Crippen LogP contribution in [0, 0.1) is 6.92 Å². The van der Waals surface area contributed by atoms with Gasteiger partial charge in [0, 0.05) is 22.3 Å². The molecule has 0 saturated carbocycles. The zero-order valence-electron chi connectivity index (χ0n) is 12.2. The maximum absolute atomic E-state index is 5.92. The predicted molar refractivity (Wildman–Crippen MR) is 87.0 cm³/mol. The van der Waals surface area contributed by atoms with Crippen LogP contribution in [0.15, 0.2) is 48.5 Å². The fourth-order valence-electron chi connectivity index (χ4n) is 2.10. The normalized spacial score (nSPS) is 10.5. The first-order valence-electron chi connectivity index (χ1n) is 6.79. The largest absolute Gasteiger partial charge is 0.481 e. The average molecular weight is 312 g/mol. The number of hydrogen-bond acceptors (Lipinski definition) is 4. The molecular formula is C17H14ClN3O. The van der Waals surface area contributed by atoms with Gasteiger partial charge in [-0.15, -0.1) is 0 Å². The highest BCUT2D eigenvalue weighted by atomic mass is 35.5. The first-order chi connectivity index (χ1) is 10.7. The number of ether oxygens (including phenoxy) is 1. The third-order valence-corrected chi connectivity index (χ3v) is 3.41. The Morgan fingerprint density at radius 3 is 2.36 bits per heavy atom. The van der Waals surface area contributed by atoms with E-state index in [1.807, 2.05) is 49.4 Å². The second-order valence-electron chi connectivity index (χ2n) is 4.79. The number of aryl methyl sites for hydroxylation is 1. The van der Waals surface area contributed by atoms with Gasteiger partial charge >= 0.3 is 0 Å². The molecule has 0 aliphatic rings. The Hall–Kier alpha value is -2.46. The number of benzene rings is 1. The SMILES string of the molecule is COc1cc(C)nc(-c2cccc(-c3ccc(Cl)cc3)n2)n1. The van der Waals surface area contributed by atoms with E-state index >= 15 is 0 Å². The molecule has 0 fully saturated rings. The van der Waals surface area contributed by atoms with Crippen molar-refractivity contribution in [1.29, 1.82) is 0 Å². The molecule has 0 radical (unpaired) electrons. The maximum Gasteiger partial charge on any atom is 0.216 e. The molecule has 0 spiro atoms.